The van der Waals surface area contributed by atoms with Crippen LogP contribution in [0.15, 0.2) is 30.3 Å². The fraction of sp³-hybridized carbons (Fsp3) is 0.200. The number of hydrogen-bond donors (Lipinski definition) is 0. The summed E-state index contributed by atoms with van der Waals surface area (Å²) in [5.41, 5.74) is 3.04. The minimum atomic E-state index is -0.329. The monoisotopic (exact) mass is 344 g/mol. The molecule has 0 aliphatic heterocycles. The Kier molecular flexibility index (Phi) is 4.26. The summed E-state index contributed by atoms with van der Waals surface area (Å²) in [5.74, 6) is -0.605. The van der Waals surface area contributed by atoms with Crippen molar-refractivity contribution in [1.82, 2.24) is 0 Å². The van der Waals surface area contributed by atoms with Crippen molar-refractivity contribution < 1.29 is 8.78 Å². The third-order valence-corrected chi connectivity index (χ3v) is 4.37. The molecule has 0 nitrogen and oxygen atoms in total. The van der Waals surface area contributed by atoms with Crippen LogP contribution in [0.25, 0.3) is 0 Å². The van der Waals surface area contributed by atoms with Crippen molar-refractivity contribution >= 4 is 27.5 Å². The van der Waals surface area contributed by atoms with Gasteiger partial charge in [-0.15, -0.1) is 0 Å². The number of hydrogen-bond acceptors (Lipinski definition) is 0. The SMILES string of the molecule is Cc1cc(C(Br)c2ccc(F)cc2C)c(Cl)cc1F. The van der Waals surface area contributed by atoms with Gasteiger partial charge in [-0.05, 0) is 54.3 Å². The van der Waals surface area contributed by atoms with Crippen LogP contribution in [-0.2, 0) is 0 Å². The first-order valence-corrected chi connectivity index (χ1v) is 7.05. The summed E-state index contributed by atoms with van der Waals surface area (Å²) < 4.78 is 26.5. The Hall–Kier alpha value is -0.930. The van der Waals surface area contributed by atoms with Gasteiger partial charge in [0.1, 0.15) is 11.6 Å². The largest absolute Gasteiger partial charge is 0.207 e. The summed E-state index contributed by atoms with van der Waals surface area (Å²) in [5, 5.41) is 0.355. The third kappa shape index (κ3) is 2.98. The van der Waals surface area contributed by atoms with E-state index in [0.717, 1.165) is 16.7 Å². The quantitative estimate of drug-likeness (QED) is 0.611. The van der Waals surface area contributed by atoms with E-state index in [1.54, 1.807) is 19.1 Å². The molecule has 0 amide bonds. The molecule has 2 aromatic rings. The highest BCUT2D eigenvalue weighted by molar-refractivity contribution is 9.09. The first-order chi connectivity index (χ1) is 8.90. The smallest absolute Gasteiger partial charge is 0.127 e. The first kappa shape index (κ1) is 14.5. The van der Waals surface area contributed by atoms with Gasteiger partial charge >= 0.3 is 0 Å². The number of alkyl halides is 1. The van der Waals surface area contributed by atoms with E-state index in [9.17, 15) is 8.78 Å². The zero-order valence-electron chi connectivity index (χ0n) is 10.5. The second-order valence-electron chi connectivity index (χ2n) is 4.49. The van der Waals surface area contributed by atoms with Gasteiger partial charge in [0.15, 0.2) is 0 Å². The number of rotatable bonds is 2. The zero-order chi connectivity index (χ0) is 14.2. The van der Waals surface area contributed by atoms with E-state index >= 15 is 0 Å². The van der Waals surface area contributed by atoms with E-state index in [4.69, 9.17) is 11.6 Å². The van der Waals surface area contributed by atoms with Gasteiger partial charge in [0.05, 0.1) is 4.83 Å². The maximum Gasteiger partial charge on any atom is 0.127 e. The van der Waals surface area contributed by atoms with E-state index in [2.05, 4.69) is 15.9 Å². The maximum atomic E-state index is 13.4. The van der Waals surface area contributed by atoms with Crippen LogP contribution < -0.4 is 0 Å². The molecule has 0 N–H and O–H groups in total. The van der Waals surface area contributed by atoms with E-state index in [0.29, 0.717) is 10.6 Å². The molecule has 2 rings (SSSR count). The molecule has 0 aromatic heterocycles. The summed E-state index contributed by atoms with van der Waals surface area (Å²) in [7, 11) is 0. The number of aryl methyl sites for hydroxylation is 2. The molecular weight excluding hydrogens is 334 g/mol. The lowest BCUT2D eigenvalue weighted by Gasteiger charge is -2.16. The van der Waals surface area contributed by atoms with Crippen LogP contribution >= 0.6 is 27.5 Å². The van der Waals surface area contributed by atoms with Crippen molar-refractivity contribution in [3.05, 3.63) is 69.2 Å². The van der Waals surface area contributed by atoms with Gasteiger partial charge in [-0.2, -0.15) is 0 Å². The molecular formula is C15H12BrClF2. The van der Waals surface area contributed by atoms with Crippen molar-refractivity contribution in [3.63, 3.8) is 0 Å². The molecule has 0 spiro atoms. The molecule has 4 heteroatoms. The molecule has 19 heavy (non-hydrogen) atoms. The van der Waals surface area contributed by atoms with Crippen molar-refractivity contribution in [1.29, 1.82) is 0 Å². The molecule has 0 radical (unpaired) electrons. The predicted octanol–water partition coefficient (Wildman–Crippen LogP) is 5.72. The molecule has 0 saturated heterocycles. The van der Waals surface area contributed by atoms with E-state index in [1.807, 2.05) is 6.92 Å². The normalized spacial score (nSPS) is 12.5. The molecule has 1 atom stereocenters. The molecule has 0 fully saturated rings. The minimum absolute atomic E-state index is 0.195. The standard InChI is InChI=1S/C15H12BrClF2/c1-8-5-10(18)3-4-11(8)15(16)12-6-9(2)14(19)7-13(12)17/h3-7,15H,1-2H3. The van der Waals surface area contributed by atoms with Gasteiger partial charge in [0.2, 0.25) is 0 Å². The highest BCUT2D eigenvalue weighted by atomic mass is 79.9. The molecule has 0 saturated carbocycles. The topological polar surface area (TPSA) is 0 Å². The summed E-state index contributed by atoms with van der Waals surface area (Å²) >= 11 is 9.64. The molecule has 1 unspecified atom stereocenters. The van der Waals surface area contributed by atoms with Gasteiger partial charge in [-0.3, -0.25) is 0 Å². The van der Waals surface area contributed by atoms with Crippen LogP contribution in [0.4, 0.5) is 8.78 Å². The van der Waals surface area contributed by atoms with Gasteiger partial charge < -0.3 is 0 Å². The first-order valence-electron chi connectivity index (χ1n) is 5.76. The Morgan fingerprint density at radius 3 is 2.32 bits per heavy atom. The third-order valence-electron chi connectivity index (χ3n) is 3.06. The Morgan fingerprint density at radius 2 is 1.68 bits per heavy atom. The molecule has 0 aliphatic carbocycles. The summed E-state index contributed by atoms with van der Waals surface area (Å²) in [4.78, 5) is -0.195. The zero-order valence-corrected chi connectivity index (χ0v) is 12.8. The Bertz CT molecular complexity index is 626. The molecule has 100 valence electrons. The van der Waals surface area contributed by atoms with Crippen molar-refractivity contribution in [2.45, 2.75) is 18.7 Å². The van der Waals surface area contributed by atoms with Crippen LogP contribution in [0.1, 0.15) is 27.1 Å². The van der Waals surface area contributed by atoms with Gasteiger partial charge in [-0.25, -0.2) is 8.78 Å². The fourth-order valence-corrected chi connectivity index (χ4v) is 3.25. The van der Waals surface area contributed by atoms with E-state index in [-0.39, 0.29) is 16.5 Å². The highest BCUT2D eigenvalue weighted by Crippen LogP contribution is 2.37. The summed E-state index contributed by atoms with van der Waals surface area (Å²) in [6.07, 6.45) is 0. The molecule has 0 bridgehead atoms. The second-order valence-corrected chi connectivity index (χ2v) is 5.81. The predicted molar refractivity (Wildman–Crippen MR) is 78.1 cm³/mol. The molecule has 2 aromatic carbocycles. The lowest BCUT2D eigenvalue weighted by molar-refractivity contribution is 0.618. The average Bonchev–Trinajstić information content (AvgIpc) is 2.33. The maximum absolute atomic E-state index is 13.4. The molecule has 0 heterocycles. The number of benzene rings is 2. The van der Waals surface area contributed by atoms with Crippen molar-refractivity contribution in [3.8, 4) is 0 Å². The number of halogens is 4. The highest BCUT2D eigenvalue weighted by Gasteiger charge is 2.17. The van der Waals surface area contributed by atoms with Crippen LogP contribution in [0, 0.1) is 25.5 Å². The van der Waals surface area contributed by atoms with E-state index < -0.39 is 0 Å². The Morgan fingerprint density at radius 1 is 1.00 bits per heavy atom. The summed E-state index contributed by atoms with van der Waals surface area (Å²) in [6, 6.07) is 7.59. The molecule has 0 aliphatic rings. The van der Waals surface area contributed by atoms with Gasteiger partial charge in [0.25, 0.3) is 0 Å². The fourth-order valence-electron chi connectivity index (χ4n) is 1.96. The van der Waals surface area contributed by atoms with Crippen molar-refractivity contribution in [2.24, 2.45) is 0 Å². The lowest BCUT2D eigenvalue weighted by Crippen LogP contribution is -1.99. The van der Waals surface area contributed by atoms with Crippen molar-refractivity contribution in [2.75, 3.05) is 0 Å². The van der Waals surface area contributed by atoms with Gasteiger partial charge in [0, 0.05) is 5.02 Å². The Balaban J connectivity index is 2.49. The van der Waals surface area contributed by atoms with Crippen LogP contribution in [0.2, 0.25) is 5.02 Å². The average molecular weight is 346 g/mol. The van der Waals surface area contributed by atoms with Crippen LogP contribution in [-0.4, -0.2) is 0 Å². The van der Waals surface area contributed by atoms with Gasteiger partial charge in [-0.1, -0.05) is 39.7 Å². The second kappa shape index (κ2) is 5.59. The lowest BCUT2D eigenvalue weighted by atomic mass is 9.99. The van der Waals surface area contributed by atoms with Crippen LogP contribution in [0.5, 0.6) is 0 Å². The van der Waals surface area contributed by atoms with E-state index in [1.165, 1.54) is 18.2 Å². The minimum Gasteiger partial charge on any atom is -0.207 e. The Labute approximate surface area is 124 Å². The summed E-state index contributed by atoms with van der Waals surface area (Å²) in [6.45, 7) is 3.52. The van der Waals surface area contributed by atoms with Crippen LogP contribution in [0.3, 0.4) is 0 Å².